The molecule has 0 fully saturated rings. The van der Waals surface area contributed by atoms with Gasteiger partial charge in [-0.1, -0.05) is 35.9 Å². The lowest BCUT2D eigenvalue weighted by atomic mass is 10.1. The monoisotopic (exact) mass is 303 g/mol. The molecule has 0 heterocycles. The van der Waals surface area contributed by atoms with Crippen molar-refractivity contribution in [1.82, 2.24) is 0 Å². The Kier molecular flexibility index (Phi) is 5.23. The number of carbonyl (C=O) groups excluding carboxylic acids is 1. The van der Waals surface area contributed by atoms with Gasteiger partial charge in [-0.2, -0.15) is 0 Å². The number of nitrogens with one attached hydrogen (secondary N) is 1. The quantitative estimate of drug-likeness (QED) is 0.894. The minimum absolute atomic E-state index is 0.0964. The van der Waals surface area contributed by atoms with E-state index in [1.54, 1.807) is 6.07 Å². The van der Waals surface area contributed by atoms with Gasteiger partial charge in [0.05, 0.1) is 12.5 Å². The maximum atomic E-state index is 12.1. The van der Waals surface area contributed by atoms with Crippen LogP contribution < -0.4 is 10.1 Å². The SMILES string of the molecule is CC(C)Oc1cccc(NC(=O)Cc2ccccc2Cl)c1. The summed E-state index contributed by atoms with van der Waals surface area (Å²) >= 11 is 6.05. The molecule has 0 radical (unpaired) electrons. The summed E-state index contributed by atoms with van der Waals surface area (Å²) in [6.07, 6.45) is 0.341. The Hall–Kier alpha value is -2.00. The van der Waals surface area contributed by atoms with Crippen LogP contribution in [0.5, 0.6) is 5.75 Å². The first-order valence-electron chi connectivity index (χ1n) is 6.84. The number of benzene rings is 2. The van der Waals surface area contributed by atoms with Crippen LogP contribution in [0.1, 0.15) is 19.4 Å². The fraction of sp³-hybridized carbons (Fsp3) is 0.235. The lowest BCUT2D eigenvalue weighted by molar-refractivity contribution is -0.115. The van der Waals surface area contributed by atoms with Crippen molar-refractivity contribution in [2.45, 2.75) is 26.4 Å². The topological polar surface area (TPSA) is 38.3 Å². The van der Waals surface area contributed by atoms with Crippen LogP contribution in [0.2, 0.25) is 5.02 Å². The van der Waals surface area contributed by atoms with Crippen LogP contribution in [-0.4, -0.2) is 12.0 Å². The molecule has 0 aliphatic carbocycles. The van der Waals surface area contributed by atoms with Crippen molar-refractivity contribution in [2.24, 2.45) is 0 Å². The fourth-order valence-electron chi connectivity index (χ4n) is 1.94. The highest BCUT2D eigenvalue weighted by Crippen LogP contribution is 2.20. The van der Waals surface area contributed by atoms with Gasteiger partial charge in [-0.15, -0.1) is 0 Å². The molecule has 0 atom stereocenters. The molecule has 0 spiro atoms. The van der Waals surface area contributed by atoms with Gasteiger partial charge in [0.25, 0.3) is 0 Å². The number of anilines is 1. The van der Waals surface area contributed by atoms with E-state index >= 15 is 0 Å². The summed E-state index contributed by atoms with van der Waals surface area (Å²) in [5.41, 5.74) is 1.52. The van der Waals surface area contributed by atoms with Gasteiger partial charge in [-0.25, -0.2) is 0 Å². The lowest BCUT2D eigenvalue weighted by Crippen LogP contribution is -2.14. The van der Waals surface area contributed by atoms with Gasteiger partial charge in [0.1, 0.15) is 5.75 Å². The minimum atomic E-state index is -0.107. The molecular formula is C17H18ClNO2. The standard InChI is InChI=1S/C17H18ClNO2/c1-12(2)21-15-8-5-7-14(11-15)19-17(20)10-13-6-3-4-9-16(13)18/h3-9,11-12H,10H2,1-2H3,(H,19,20). The van der Waals surface area contributed by atoms with E-state index in [9.17, 15) is 4.79 Å². The molecule has 110 valence electrons. The van der Waals surface area contributed by atoms with Crippen LogP contribution in [-0.2, 0) is 11.2 Å². The van der Waals surface area contributed by atoms with Crippen molar-refractivity contribution in [2.75, 3.05) is 5.32 Å². The van der Waals surface area contributed by atoms with Crippen molar-refractivity contribution in [3.05, 3.63) is 59.1 Å². The largest absolute Gasteiger partial charge is 0.491 e. The highest BCUT2D eigenvalue weighted by atomic mass is 35.5. The molecule has 0 aromatic heterocycles. The van der Waals surface area contributed by atoms with E-state index in [1.807, 2.05) is 56.3 Å². The fourth-order valence-corrected chi connectivity index (χ4v) is 2.14. The van der Waals surface area contributed by atoms with Crippen molar-refractivity contribution in [3.63, 3.8) is 0 Å². The molecule has 0 bridgehead atoms. The lowest BCUT2D eigenvalue weighted by Gasteiger charge is -2.11. The number of rotatable bonds is 5. The maximum absolute atomic E-state index is 12.1. The third-order valence-electron chi connectivity index (χ3n) is 2.80. The van der Waals surface area contributed by atoms with E-state index in [1.165, 1.54) is 0 Å². The Labute approximate surface area is 129 Å². The molecule has 0 aliphatic rings. The van der Waals surface area contributed by atoms with Gasteiger partial charge < -0.3 is 10.1 Å². The molecule has 21 heavy (non-hydrogen) atoms. The summed E-state index contributed by atoms with van der Waals surface area (Å²) in [7, 11) is 0. The molecule has 0 saturated carbocycles. The number of amides is 1. The van der Waals surface area contributed by atoms with Gasteiger partial charge in [-0.05, 0) is 37.6 Å². The third-order valence-corrected chi connectivity index (χ3v) is 3.17. The number of carbonyl (C=O) groups is 1. The summed E-state index contributed by atoms with van der Waals surface area (Å²) in [6, 6.07) is 14.7. The zero-order chi connectivity index (χ0) is 15.2. The van der Waals surface area contributed by atoms with E-state index in [0.29, 0.717) is 10.7 Å². The molecule has 1 N–H and O–H groups in total. The first-order chi connectivity index (χ1) is 10.0. The normalized spacial score (nSPS) is 10.5. The average Bonchev–Trinajstić information content (AvgIpc) is 2.41. The van der Waals surface area contributed by atoms with Crippen LogP contribution in [0.25, 0.3) is 0 Å². The molecule has 4 heteroatoms. The molecule has 0 saturated heterocycles. The van der Waals surface area contributed by atoms with Gasteiger partial charge in [0.2, 0.25) is 5.91 Å². The van der Waals surface area contributed by atoms with E-state index in [-0.39, 0.29) is 18.4 Å². The smallest absolute Gasteiger partial charge is 0.228 e. The van der Waals surface area contributed by atoms with Gasteiger partial charge in [0.15, 0.2) is 0 Å². The second-order valence-electron chi connectivity index (χ2n) is 5.01. The van der Waals surface area contributed by atoms with Gasteiger partial charge in [0, 0.05) is 16.8 Å². The summed E-state index contributed by atoms with van der Waals surface area (Å²) in [5, 5.41) is 3.46. The second kappa shape index (κ2) is 7.14. The zero-order valence-electron chi connectivity index (χ0n) is 12.1. The molecule has 2 aromatic carbocycles. The van der Waals surface area contributed by atoms with Gasteiger partial charge >= 0.3 is 0 Å². The first-order valence-corrected chi connectivity index (χ1v) is 7.22. The van der Waals surface area contributed by atoms with Crippen molar-refractivity contribution in [3.8, 4) is 5.75 Å². The van der Waals surface area contributed by atoms with Crippen molar-refractivity contribution < 1.29 is 9.53 Å². The third kappa shape index (κ3) is 4.80. The summed E-state index contributed by atoms with van der Waals surface area (Å²) in [5.74, 6) is 0.630. The van der Waals surface area contributed by atoms with Gasteiger partial charge in [-0.3, -0.25) is 4.79 Å². The number of halogens is 1. The molecule has 0 aliphatic heterocycles. The minimum Gasteiger partial charge on any atom is -0.491 e. The predicted molar refractivity (Wildman–Crippen MR) is 86.0 cm³/mol. The summed E-state index contributed by atoms with van der Waals surface area (Å²) in [4.78, 5) is 12.1. The molecule has 2 aromatic rings. The van der Waals surface area contributed by atoms with Crippen LogP contribution in [0.3, 0.4) is 0 Å². The molecule has 0 unspecified atom stereocenters. The Morgan fingerprint density at radius 2 is 1.95 bits per heavy atom. The van der Waals surface area contributed by atoms with E-state index < -0.39 is 0 Å². The average molecular weight is 304 g/mol. The second-order valence-corrected chi connectivity index (χ2v) is 5.42. The molecular weight excluding hydrogens is 286 g/mol. The highest BCUT2D eigenvalue weighted by Gasteiger charge is 2.07. The Bertz CT molecular complexity index is 626. The molecule has 1 amide bonds. The van der Waals surface area contributed by atoms with E-state index in [2.05, 4.69) is 5.32 Å². The van der Waals surface area contributed by atoms with Crippen LogP contribution in [0.4, 0.5) is 5.69 Å². The Morgan fingerprint density at radius 1 is 1.19 bits per heavy atom. The Morgan fingerprint density at radius 3 is 2.67 bits per heavy atom. The van der Waals surface area contributed by atoms with Crippen molar-refractivity contribution >= 4 is 23.2 Å². The summed E-state index contributed by atoms with van der Waals surface area (Å²) in [6.45, 7) is 3.92. The van der Waals surface area contributed by atoms with Crippen LogP contribution in [0.15, 0.2) is 48.5 Å². The van der Waals surface area contributed by atoms with E-state index in [4.69, 9.17) is 16.3 Å². The van der Waals surface area contributed by atoms with Crippen LogP contribution in [0, 0.1) is 0 Å². The van der Waals surface area contributed by atoms with Crippen molar-refractivity contribution in [1.29, 1.82) is 0 Å². The Balaban J connectivity index is 2.01. The first kappa shape index (κ1) is 15.4. The predicted octanol–water partition coefficient (Wildman–Crippen LogP) is 4.31. The van der Waals surface area contributed by atoms with E-state index in [0.717, 1.165) is 11.3 Å². The van der Waals surface area contributed by atoms with Crippen LogP contribution >= 0.6 is 11.6 Å². The number of ether oxygens (including phenoxy) is 1. The zero-order valence-corrected chi connectivity index (χ0v) is 12.9. The highest BCUT2D eigenvalue weighted by molar-refractivity contribution is 6.31. The summed E-state index contributed by atoms with van der Waals surface area (Å²) < 4.78 is 5.60. The number of hydrogen-bond acceptors (Lipinski definition) is 2. The molecule has 3 nitrogen and oxygen atoms in total. The maximum Gasteiger partial charge on any atom is 0.228 e. The number of hydrogen-bond donors (Lipinski definition) is 1. The molecule has 2 rings (SSSR count).